The predicted octanol–water partition coefficient (Wildman–Crippen LogP) is 2.04. The van der Waals surface area contributed by atoms with Crippen molar-refractivity contribution in [2.45, 2.75) is 39.2 Å². The van der Waals surface area contributed by atoms with E-state index in [0.717, 1.165) is 12.8 Å². The molecule has 0 radical (unpaired) electrons. The summed E-state index contributed by atoms with van der Waals surface area (Å²) in [4.78, 5) is 10.5. The van der Waals surface area contributed by atoms with Gasteiger partial charge in [0.15, 0.2) is 0 Å². The van der Waals surface area contributed by atoms with E-state index in [9.17, 15) is 4.79 Å². The molecule has 0 aliphatic rings. The lowest BCUT2D eigenvalue weighted by Crippen LogP contribution is -2.29. The second-order valence-corrected chi connectivity index (χ2v) is 4.33. The second kappa shape index (κ2) is 5.66. The molecule has 1 rings (SSSR count). The molecule has 1 atom stereocenters. The number of aryl methyl sites for hydroxylation is 3. The summed E-state index contributed by atoms with van der Waals surface area (Å²) in [7, 11) is 0. The maximum Gasteiger partial charge on any atom is 0.320 e. The predicted molar refractivity (Wildman–Crippen MR) is 64.5 cm³/mol. The van der Waals surface area contributed by atoms with Crippen LogP contribution in [-0.2, 0) is 11.2 Å². The Balaban J connectivity index is 2.46. The van der Waals surface area contributed by atoms with E-state index in [-0.39, 0.29) is 0 Å². The highest BCUT2D eigenvalue weighted by Gasteiger charge is 2.10. The normalized spacial score (nSPS) is 12.4. The lowest BCUT2D eigenvalue weighted by molar-refractivity contribution is -0.138. The Kier molecular flexibility index (Phi) is 4.50. The van der Waals surface area contributed by atoms with E-state index in [1.165, 1.54) is 16.7 Å². The molecular formula is C13H19NO2. The third-order valence-corrected chi connectivity index (χ3v) is 2.58. The largest absolute Gasteiger partial charge is 0.480 e. The number of aliphatic carboxylic acids is 1. The molecule has 0 aliphatic carbocycles. The van der Waals surface area contributed by atoms with Crippen molar-refractivity contribution in [1.82, 2.24) is 0 Å². The number of benzene rings is 1. The van der Waals surface area contributed by atoms with E-state index in [0.29, 0.717) is 6.42 Å². The van der Waals surface area contributed by atoms with Gasteiger partial charge in [0, 0.05) is 0 Å². The first-order valence-electron chi connectivity index (χ1n) is 5.54. The van der Waals surface area contributed by atoms with Gasteiger partial charge in [-0.05, 0) is 38.7 Å². The lowest BCUT2D eigenvalue weighted by atomic mass is 10.0. The summed E-state index contributed by atoms with van der Waals surface area (Å²) in [5, 5.41) is 8.64. The van der Waals surface area contributed by atoms with Crippen molar-refractivity contribution in [2.24, 2.45) is 5.73 Å². The van der Waals surface area contributed by atoms with Crippen LogP contribution in [0.2, 0.25) is 0 Å². The first-order valence-corrected chi connectivity index (χ1v) is 5.54. The van der Waals surface area contributed by atoms with E-state index in [2.05, 4.69) is 32.0 Å². The van der Waals surface area contributed by atoms with Crippen molar-refractivity contribution >= 4 is 5.97 Å². The number of carboxylic acids is 1. The van der Waals surface area contributed by atoms with Gasteiger partial charge in [-0.3, -0.25) is 4.79 Å². The molecule has 3 N–H and O–H groups in total. The summed E-state index contributed by atoms with van der Waals surface area (Å²) in [5.74, 6) is -0.916. The van der Waals surface area contributed by atoms with Crippen molar-refractivity contribution in [3.05, 3.63) is 34.9 Å². The SMILES string of the molecule is Cc1cc(C)cc(CCCC(N)C(=O)O)c1. The Hall–Kier alpha value is -1.35. The highest BCUT2D eigenvalue weighted by atomic mass is 16.4. The van der Waals surface area contributed by atoms with Crippen LogP contribution in [0.25, 0.3) is 0 Å². The summed E-state index contributed by atoms with van der Waals surface area (Å²) in [5.41, 5.74) is 9.20. The molecule has 1 aromatic rings. The molecule has 1 aromatic carbocycles. The summed E-state index contributed by atoms with van der Waals surface area (Å²) in [6.07, 6.45) is 2.24. The molecule has 0 amide bonds. The van der Waals surface area contributed by atoms with Crippen molar-refractivity contribution in [1.29, 1.82) is 0 Å². The van der Waals surface area contributed by atoms with E-state index < -0.39 is 12.0 Å². The molecule has 1 unspecified atom stereocenters. The standard InChI is InChI=1S/C13H19NO2/c1-9-6-10(2)8-11(7-9)4-3-5-12(14)13(15)16/h6-8,12H,3-5,14H2,1-2H3,(H,15,16). The van der Waals surface area contributed by atoms with Crippen LogP contribution >= 0.6 is 0 Å². The van der Waals surface area contributed by atoms with Crippen molar-refractivity contribution in [3.8, 4) is 0 Å². The molecule has 0 heterocycles. The topological polar surface area (TPSA) is 63.3 Å². The fourth-order valence-electron chi connectivity index (χ4n) is 1.86. The Morgan fingerprint density at radius 3 is 2.38 bits per heavy atom. The Morgan fingerprint density at radius 2 is 1.88 bits per heavy atom. The fourth-order valence-corrected chi connectivity index (χ4v) is 1.86. The highest BCUT2D eigenvalue weighted by Crippen LogP contribution is 2.12. The minimum atomic E-state index is -0.916. The second-order valence-electron chi connectivity index (χ2n) is 4.33. The summed E-state index contributed by atoms with van der Waals surface area (Å²) in [6.45, 7) is 4.14. The van der Waals surface area contributed by atoms with Gasteiger partial charge in [-0.25, -0.2) is 0 Å². The van der Waals surface area contributed by atoms with Gasteiger partial charge in [0.25, 0.3) is 0 Å². The van der Waals surface area contributed by atoms with E-state index >= 15 is 0 Å². The molecule has 0 saturated carbocycles. The van der Waals surface area contributed by atoms with Gasteiger partial charge in [0.1, 0.15) is 6.04 Å². The van der Waals surface area contributed by atoms with Crippen LogP contribution in [-0.4, -0.2) is 17.1 Å². The number of nitrogens with two attached hydrogens (primary N) is 1. The van der Waals surface area contributed by atoms with Crippen LogP contribution < -0.4 is 5.73 Å². The van der Waals surface area contributed by atoms with Gasteiger partial charge < -0.3 is 10.8 Å². The molecule has 0 aliphatic heterocycles. The zero-order chi connectivity index (χ0) is 12.1. The molecule has 3 nitrogen and oxygen atoms in total. The first kappa shape index (κ1) is 12.7. The average Bonchev–Trinajstić information content (AvgIpc) is 2.15. The summed E-state index contributed by atoms with van der Waals surface area (Å²) < 4.78 is 0. The molecule has 0 fully saturated rings. The van der Waals surface area contributed by atoms with Gasteiger partial charge in [-0.2, -0.15) is 0 Å². The monoisotopic (exact) mass is 221 g/mol. The molecule has 3 heteroatoms. The maximum atomic E-state index is 10.5. The van der Waals surface area contributed by atoms with E-state index in [1.807, 2.05) is 0 Å². The smallest absolute Gasteiger partial charge is 0.320 e. The maximum absolute atomic E-state index is 10.5. The van der Waals surface area contributed by atoms with E-state index in [4.69, 9.17) is 10.8 Å². The number of hydrogen-bond donors (Lipinski definition) is 2. The van der Waals surface area contributed by atoms with Crippen LogP contribution in [0.15, 0.2) is 18.2 Å². The van der Waals surface area contributed by atoms with Crippen LogP contribution in [0.3, 0.4) is 0 Å². The highest BCUT2D eigenvalue weighted by molar-refractivity contribution is 5.72. The lowest BCUT2D eigenvalue weighted by Gasteiger charge is -2.07. The van der Waals surface area contributed by atoms with Crippen LogP contribution in [0, 0.1) is 13.8 Å². The van der Waals surface area contributed by atoms with Crippen LogP contribution in [0.5, 0.6) is 0 Å². The van der Waals surface area contributed by atoms with Gasteiger partial charge in [0.2, 0.25) is 0 Å². The third-order valence-electron chi connectivity index (χ3n) is 2.58. The first-order chi connectivity index (χ1) is 7.49. The van der Waals surface area contributed by atoms with Gasteiger partial charge in [0.05, 0.1) is 0 Å². The molecule has 0 saturated heterocycles. The number of hydrogen-bond acceptors (Lipinski definition) is 2. The van der Waals surface area contributed by atoms with Crippen LogP contribution in [0.4, 0.5) is 0 Å². The summed E-state index contributed by atoms with van der Waals surface area (Å²) in [6, 6.07) is 5.68. The van der Waals surface area contributed by atoms with Gasteiger partial charge in [-0.15, -0.1) is 0 Å². The minimum Gasteiger partial charge on any atom is -0.480 e. The quantitative estimate of drug-likeness (QED) is 0.799. The Morgan fingerprint density at radius 1 is 1.31 bits per heavy atom. The minimum absolute atomic E-state index is 0.530. The molecular weight excluding hydrogens is 202 g/mol. The molecule has 0 bridgehead atoms. The summed E-state index contributed by atoms with van der Waals surface area (Å²) >= 11 is 0. The van der Waals surface area contributed by atoms with Gasteiger partial charge in [-0.1, -0.05) is 29.3 Å². The fraction of sp³-hybridized carbons (Fsp3) is 0.462. The molecule has 16 heavy (non-hydrogen) atoms. The molecule has 0 aromatic heterocycles. The Labute approximate surface area is 96.3 Å². The van der Waals surface area contributed by atoms with E-state index in [1.54, 1.807) is 0 Å². The number of carbonyl (C=O) groups is 1. The third kappa shape index (κ3) is 4.03. The van der Waals surface area contributed by atoms with Crippen molar-refractivity contribution in [3.63, 3.8) is 0 Å². The zero-order valence-electron chi connectivity index (χ0n) is 9.86. The number of carboxylic acid groups (broad SMARTS) is 1. The van der Waals surface area contributed by atoms with Crippen molar-refractivity contribution in [2.75, 3.05) is 0 Å². The van der Waals surface area contributed by atoms with Gasteiger partial charge >= 0.3 is 5.97 Å². The number of rotatable bonds is 5. The Bertz CT molecular complexity index is 354. The van der Waals surface area contributed by atoms with Crippen LogP contribution in [0.1, 0.15) is 29.5 Å². The molecule has 0 spiro atoms. The van der Waals surface area contributed by atoms with Crippen molar-refractivity contribution < 1.29 is 9.90 Å². The molecule has 88 valence electrons. The average molecular weight is 221 g/mol. The zero-order valence-corrected chi connectivity index (χ0v) is 9.86.